The average molecular weight is 461 g/mol. The summed E-state index contributed by atoms with van der Waals surface area (Å²) in [6.07, 6.45) is 0.420. The van der Waals surface area contributed by atoms with E-state index in [-0.39, 0.29) is 5.91 Å². The SMILES string of the molecule is CC(Oc1ccc(Br)cc1)C(=O)OCC(=O)Nc1ccccc1N1CCCC1=O. The van der Waals surface area contributed by atoms with Crippen molar-refractivity contribution in [2.75, 3.05) is 23.4 Å². The lowest BCUT2D eigenvalue weighted by atomic mass is 10.2. The van der Waals surface area contributed by atoms with Crippen LogP contribution in [0.5, 0.6) is 5.75 Å². The fourth-order valence-electron chi connectivity index (χ4n) is 2.92. The number of rotatable bonds is 7. The van der Waals surface area contributed by atoms with Gasteiger partial charge in [-0.2, -0.15) is 0 Å². The number of para-hydroxylation sites is 2. The van der Waals surface area contributed by atoms with Crippen molar-refractivity contribution >= 4 is 45.1 Å². The minimum Gasteiger partial charge on any atom is -0.479 e. The molecular formula is C21H21BrN2O5. The van der Waals surface area contributed by atoms with E-state index in [0.717, 1.165) is 10.9 Å². The van der Waals surface area contributed by atoms with Crippen molar-refractivity contribution in [3.05, 3.63) is 53.0 Å². The second-order valence-electron chi connectivity index (χ2n) is 6.54. The number of carbonyl (C=O) groups is 3. The number of benzene rings is 2. The summed E-state index contributed by atoms with van der Waals surface area (Å²) < 4.78 is 11.5. The lowest BCUT2D eigenvalue weighted by Crippen LogP contribution is -2.30. The van der Waals surface area contributed by atoms with Crippen LogP contribution in [0, 0.1) is 0 Å². The molecular weight excluding hydrogens is 440 g/mol. The van der Waals surface area contributed by atoms with Crippen LogP contribution in [0.1, 0.15) is 19.8 Å². The van der Waals surface area contributed by atoms with Gasteiger partial charge >= 0.3 is 5.97 Å². The Morgan fingerprint density at radius 2 is 1.90 bits per heavy atom. The van der Waals surface area contributed by atoms with Crippen LogP contribution in [0.2, 0.25) is 0 Å². The van der Waals surface area contributed by atoms with E-state index >= 15 is 0 Å². The predicted molar refractivity (Wildman–Crippen MR) is 112 cm³/mol. The maximum absolute atomic E-state index is 12.2. The van der Waals surface area contributed by atoms with Gasteiger partial charge in [0, 0.05) is 17.4 Å². The molecule has 2 amide bonds. The van der Waals surface area contributed by atoms with Gasteiger partial charge in [0.1, 0.15) is 5.75 Å². The monoisotopic (exact) mass is 460 g/mol. The first-order chi connectivity index (χ1) is 13.9. The molecule has 1 heterocycles. The number of nitrogens with one attached hydrogen (secondary N) is 1. The van der Waals surface area contributed by atoms with E-state index in [2.05, 4.69) is 21.2 Å². The van der Waals surface area contributed by atoms with E-state index in [4.69, 9.17) is 9.47 Å². The molecule has 0 aliphatic carbocycles. The van der Waals surface area contributed by atoms with Crippen LogP contribution in [-0.2, 0) is 19.1 Å². The summed E-state index contributed by atoms with van der Waals surface area (Å²) in [6, 6.07) is 14.1. The Morgan fingerprint density at radius 1 is 1.17 bits per heavy atom. The van der Waals surface area contributed by atoms with Gasteiger partial charge in [-0.3, -0.25) is 9.59 Å². The van der Waals surface area contributed by atoms with E-state index < -0.39 is 24.6 Å². The fourth-order valence-corrected chi connectivity index (χ4v) is 3.19. The number of ether oxygens (including phenoxy) is 2. The zero-order valence-electron chi connectivity index (χ0n) is 15.9. The molecule has 1 fully saturated rings. The number of amides is 2. The van der Waals surface area contributed by atoms with Gasteiger partial charge in [0.05, 0.1) is 11.4 Å². The van der Waals surface area contributed by atoms with Gasteiger partial charge in [-0.25, -0.2) is 4.79 Å². The Bertz CT molecular complexity index is 900. The number of hydrogen-bond acceptors (Lipinski definition) is 5. The maximum Gasteiger partial charge on any atom is 0.347 e. The van der Waals surface area contributed by atoms with Crippen LogP contribution in [0.25, 0.3) is 0 Å². The van der Waals surface area contributed by atoms with Crippen molar-refractivity contribution in [2.24, 2.45) is 0 Å². The van der Waals surface area contributed by atoms with Gasteiger partial charge in [-0.15, -0.1) is 0 Å². The van der Waals surface area contributed by atoms with Gasteiger partial charge in [0.25, 0.3) is 5.91 Å². The Balaban J connectivity index is 1.53. The summed E-state index contributed by atoms with van der Waals surface area (Å²) in [6.45, 7) is 1.72. The minimum absolute atomic E-state index is 0.0250. The zero-order valence-corrected chi connectivity index (χ0v) is 17.5. The highest BCUT2D eigenvalue weighted by molar-refractivity contribution is 9.10. The molecule has 1 aliphatic heterocycles. The molecule has 1 saturated heterocycles. The molecule has 8 heteroatoms. The first-order valence-corrected chi connectivity index (χ1v) is 10.0. The quantitative estimate of drug-likeness (QED) is 0.638. The zero-order chi connectivity index (χ0) is 20.8. The summed E-state index contributed by atoms with van der Waals surface area (Å²) >= 11 is 3.33. The Morgan fingerprint density at radius 3 is 2.59 bits per heavy atom. The predicted octanol–water partition coefficient (Wildman–Crippen LogP) is 3.53. The fraction of sp³-hybridized carbons (Fsp3) is 0.286. The molecule has 29 heavy (non-hydrogen) atoms. The maximum atomic E-state index is 12.2. The van der Waals surface area contributed by atoms with Crippen molar-refractivity contribution in [2.45, 2.75) is 25.9 Å². The third kappa shape index (κ3) is 5.57. The van der Waals surface area contributed by atoms with Gasteiger partial charge in [0.2, 0.25) is 5.91 Å². The van der Waals surface area contributed by atoms with Gasteiger partial charge in [-0.1, -0.05) is 28.1 Å². The Hall–Kier alpha value is -2.87. The third-order valence-electron chi connectivity index (χ3n) is 4.35. The summed E-state index contributed by atoms with van der Waals surface area (Å²) in [5.41, 5.74) is 1.14. The topological polar surface area (TPSA) is 84.9 Å². The number of esters is 1. The summed E-state index contributed by atoms with van der Waals surface area (Å²) in [5.74, 6) is -0.595. The lowest BCUT2D eigenvalue weighted by molar-refractivity contribution is -0.153. The molecule has 0 radical (unpaired) electrons. The number of carbonyl (C=O) groups excluding carboxylic acids is 3. The Kier molecular flexibility index (Phi) is 6.87. The molecule has 1 N–H and O–H groups in total. The van der Waals surface area contributed by atoms with Crippen LogP contribution in [0.15, 0.2) is 53.0 Å². The molecule has 0 aromatic heterocycles. The molecule has 1 unspecified atom stereocenters. The van der Waals surface area contributed by atoms with E-state index in [0.29, 0.717) is 30.1 Å². The molecule has 0 bridgehead atoms. The molecule has 152 valence electrons. The standard InChI is InChI=1S/C21H21BrN2O5/c1-14(29-16-10-8-15(22)9-11-16)21(27)28-13-19(25)23-17-5-2-3-6-18(17)24-12-4-7-20(24)26/h2-3,5-6,8-11,14H,4,7,12-13H2,1H3,(H,23,25). The molecule has 2 aromatic rings. The van der Waals surface area contributed by atoms with Crippen LogP contribution in [0.3, 0.4) is 0 Å². The molecule has 2 aromatic carbocycles. The summed E-state index contributed by atoms with van der Waals surface area (Å²) in [5, 5.41) is 2.70. The molecule has 3 rings (SSSR count). The number of halogens is 1. The van der Waals surface area contributed by atoms with Crippen LogP contribution in [-0.4, -0.2) is 37.0 Å². The van der Waals surface area contributed by atoms with Crippen molar-refractivity contribution < 1.29 is 23.9 Å². The Labute approximate surface area is 177 Å². The molecule has 7 nitrogen and oxygen atoms in total. The van der Waals surface area contributed by atoms with Crippen molar-refractivity contribution in [3.63, 3.8) is 0 Å². The minimum atomic E-state index is -0.863. The van der Waals surface area contributed by atoms with Gasteiger partial charge in [0.15, 0.2) is 12.7 Å². The largest absolute Gasteiger partial charge is 0.479 e. The normalized spacial score (nSPS) is 14.4. The van der Waals surface area contributed by atoms with Gasteiger partial charge in [-0.05, 0) is 49.7 Å². The number of anilines is 2. The van der Waals surface area contributed by atoms with Crippen molar-refractivity contribution in [1.82, 2.24) is 0 Å². The van der Waals surface area contributed by atoms with E-state index in [1.807, 2.05) is 0 Å². The summed E-state index contributed by atoms with van der Waals surface area (Å²) in [4.78, 5) is 38.0. The molecule has 0 spiro atoms. The lowest BCUT2D eigenvalue weighted by Gasteiger charge is -2.20. The summed E-state index contributed by atoms with van der Waals surface area (Å²) in [7, 11) is 0. The highest BCUT2D eigenvalue weighted by Crippen LogP contribution is 2.29. The average Bonchev–Trinajstić information content (AvgIpc) is 3.14. The highest BCUT2D eigenvalue weighted by atomic mass is 79.9. The van der Waals surface area contributed by atoms with Crippen LogP contribution in [0.4, 0.5) is 11.4 Å². The third-order valence-corrected chi connectivity index (χ3v) is 4.87. The molecule has 0 saturated carbocycles. The van der Waals surface area contributed by atoms with E-state index in [9.17, 15) is 14.4 Å². The smallest absolute Gasteiger partial charge is 0.347 e. The van der Waals surface area contributed by atoms with Gasteiger partial charge < -0.3 is 19.7 Å². The second kappa shape index (κ2) is 9.56. The second-order valence-corrected chi connectivity index (χ2v) is 7.45. The number of nitrogens with zero attached hydrogens (tertiary/aromatic N) is 1. The first kappa shape index (κ1) is 20.9. The van der Waals surface area contributed by atoms with Crippen LogP contribution >= 0.6 is 15.9 Å². The van der Waals surface area contributed by atoms with Crippen molar-refractivity contribution in [1.29, 1.82) is 0 Å². The molecule has 1 atom stereocenters. The van der Waals surface area contributed by atoms with Crippen LogP contribution < -0.4 is 15.0 Å². The molecule has 1 aliphatic rings. The first-order valence-electron chi connectivity index (χ1n) is 9.22. The highest BCUT2D eigenvalue weighted by Gasteiger charge is 2.24. The van der Waals surface area contributed by atoms with E-state index in [1.165, 1.54) is 0 Å². The number of hydrogen-bond donors (Lipinski definition) is 1. The van der Waals surface area contributed by atoms with Crippen molar-refractivity contribution in [3.8, 4) is 5.75 Å². The van der Waals surface area contributed by atoms with E-state index in [1.54, 1.807) is 60.4 Å².